The normalized spacial score (nSPS) is 11.6. The second-order valence-corrected chi connectivity index (χ2v) is 6.65. The zero-order valence-electron chi connectivity index (χ0n) is 14.6. The number of amides is 1. The Morgan fingerprint density at radius 2 is 2.12 bits per heavy atom. The van der Waals surface area contributed by atoms with E-state index in [0.717, 1.165) is 17.6 Å². The molecule has 1 amide bonds. The lowest BCUT2D eigenvalue weighted by Crippen LogP contribution is -2.45. The van der Waals surface area contributed by atoms with Crippen molar-refractivity contribution in [3.05, 3.63) is 38.9 Å². The van der Waals surface area contributed by atoms with E-state index in [1.54, 1.807) is 13.8 Å². The first-order chi connectivity index (χ1) is 11.6. The molecule has 2 rings (SSSR count). The lowest BCUT2D eigenvalue weighted by molar-refractivity contribution is -0.385. The van der Waals surface area contributed by atoms with E-state index in [9.17, 15) is 14.9 Å². The molecule has 0 bridgehead atoms. The smallest absolute Gasteiger partial charge is 0.307 e. The van der Waals surface area contributed by atoms with Crippen molar-refractivity contribution >= 4 is 23.2 Å². The van der Waals surface area contributed by atoms with E-state index in [-0.39, 0.29) is 11.6 Å². The van der Waals surface area contributed by atoms with Crippen LogP contribution in [-0.4, -0.2) is 36.9 Å². The summed E-state index contributed by atoms with van der Waals surface area (Å²) in [6.07, 6.45) is 3.05. The molecule has 2 heterocycles. The molecule has 0 aliphatic rings. The Bertz CT molecular complexity index is 795. The van der Waals surface area contributed by atoms with Crippen LogP contribution in [0.3, 0.4) is 0 Å². The molecule has 0 saturated carbocycles. The highest BCUT2D eigenvalue weighted by Crippen LogP contribution is 2.20. The van der Waals surface area contributed by atoms with Crippen molar-refractivity contribution in [1.29, 1.82) is 0 Å². The highest BCUT2D eigenvalue weighted by Gasteiger charge is 2.31. The van der Waals surface area contributed by atoms with Crippen LogP contribution in [0.5, 0.6) is 0 Å². The molecule has 0 fully saturated rings. The largest absolute Gasteiger partial charge is 0.354 e. The van der Waals surface area contributed by atoms with Crippen LogP contribution in [0.25, 0.3) is 0 Å². The van der Waals surface area contributed by atoms with Crippen molar-refractivity contribution in [2.75, 3.05) is 6.54 Å². The molecular formula is C15H21ClN6O3. The van der Waals surface area contributed by atoms with Crippen molar-refractivity contribution in [2.24, 2.45) is 0 Å². The minimum absolute atomic E-state index is 0.151. The maximum atomic E-state index is 12.4. The Hall–Kier alpha value is -2.42. The molecule has 0 atom stereocenters. The summed E-state index contributed by atoms with van der Waals surface area (Å²) < 4.78 is 3.10. The standard InChI is InChI=1S/C15H21ClN6O3/c1-10-13(16)11(2)20(19-10)7-5-6-17-14(23)15(3,4)21-9-12(8-18-21)22(24)25/h8-9H,5-7H2,1-4H3,(H,17,23). The third-order valence-electron chi connectivity index (χ3n) is 4.03. The number of hydrogen-bond donors (Lipinski definition) is 1. The molecule has 2 aromatic heterocycles. The quantitative estimate of drug-likeness (QED) is 0.458. The van der Waals surface area contributed by atoms with Crippen LogP contribution in [0.15, 0.2) is 12.4 Å². The fourth-order valence-corrected chi connectivity index (χ4v) is 2.49. The molecule has 25 heavy (non-hydrogen) atoms. The molecule has 0 radical (unpaired) electrons. The van der Waals surface area contributed by atoms with E-state index >= 15 is 0 Å². The first kappa shape index (κ1) is 18.9. The second-order valence-electron chi connectivity index (χ2n) is 6.28. The first-order valence-electron chi connectivity index (χ1n) is 7.82. The third kappa shape index (κ3) is 3.98. The molecular weight excluding hydrogens is 348 g/mol. The van der Waals surface area contributed by atoms with Crippen molar-refractivity contribution in [3.8, 4) is 0 Å². The van der Waals surface area contributed by atoms with Gasteiger partial charge < -0.3 is 5.32 Å². The molecule has 9 nitrogen and oxygen atoms in total. The number of carbonyl (C=O) groups is 1. The van der Waals surface area contributed by atoms with Crippen LogP contribution >= 0.6 is 11.6 Å². The summed E-state index contributed by atoms with van der Waals surface area (Å²) in [6, 6.07) is 0. The van der Waals surface area contributed by atoms with Crippen LogP contribution in [0, 0.1) is 24.0 Å². The van der Waals surface area contributed by atoms with Gasteiger partial charge in [-0.25, -0.2) is 0 Å². The SMILES string of the molecule is Cc1nn(CCCNC(=O)C(C)(C)n2cc([N+](=O)[O-])cn2)c(C)c1Cl. The molecule has 0 aliphatic carbocycles. The molecule has 0 unspecified atom stereocenters. The van der Waals surface area contributed by atoms with Crippen LogP contribution < -0.4 is 5.32 Å². The van der Waals surface area contributed by atoms with Gasteiger partial charge in [-0.05, 0) is 34.1 Å². The van der Waals surface area contributed by atoms with Gasteiger partial charge in [-0.3, -0.25) is 24.3 Å². The van der Waals surface area contributed by atoms with E-state index in [4.69, 9.17) is 11.6 Å². The van der Waals surface area contributed by atoms with Crippen LogP contribution in [-0.2, 0) is 16.9 Å². The molecule has 0 saturated heterocycles. The minimum atomic E-state index is -1.03. The van der Waals surface area contributed by atoms with E-state index in [1.165, 1.54) is 10.9 Å². The van der Waals surface area contributed by atoms with Crippen molar-refractivity contribution in [1.82, 2.24) is 24.9 Å². The summed E-state index contributed by atoms with van der Waals surface area (Å²) in [4.78, 5) is 22.6. The van der Waals surface area contributed by atoms with E-state index in [2.05, 4.69) is 15.5 Å². The maximum Gasteiger partial charge on any atom is 0.307 e. The van der Waals surface area contributed by atoms with Crippen molar-refractivity contribution < 1.29 is 9.72 Å². The summed E-state index contributed by atoms with van der Waals surface area (Å²) in [6.45, 7) is 8.13. The van der Waals surface area contributed by atoms with Crippen molar-refractivity contribution in [3.63, 3.8) is 0 Å². The van der Waals surface area contributed by atoms with Crippen molar-refractivity contribution in [2.45, 2.75) is 46.2 Å². The Labute approximate surface area is 150 Å². The highest BCUT2D eigenvalue weighted by atomic mass is 35.5. The molecule has 2 aromatic rings. The summed E-state index contributed by atoms with van der Waals surface area (Å²) in [5.41, 5.74) is 0.497. The van der Waals surface area contributed by atoms with Gasteiger partial charge in [-0.2, -0.15) is 10.2 Å². The molecule has 0 aliphatic heterocycles. The van der Waals surface area contributed by atoms with Crippen LogP contribution in [0.2, 0.25) is 5.02 Å². The summed E-state index contributed by atoms with van der Waals surface area (Å²) in [5.74, 6) is -0.267. The van der Waals surface area contributed by atoms with Gasteiger partial charge in [0.05, 0.1) is 21.3 Å². The predicted molar refractivity (Wildman–Crippen MR) is 92.5 cm³/mol. The number of hydrogen-bond acceptors (Lipinski definition) is 5. The lowest BCUT2D eigenvalue weighted by atomic mass is 10.1. The first-order valence-corrected chi connectivity index (χ1v) is 8.19. The average Bonchev–Trinajstić information content (AvgIpc) is 3.14. The average molecular weight is 369 g/mol. The molecule has 0 aromatic carbocycles. The Balaban J connectivity index is 1.90. The number of halogens is 1. The summed E-state index contributed by atoms with van der Waals surface area (Å²) in [7, 11) is 0. The fourth-order valence-electron chi connectivity index (χ4n) is 2.36. The van der Waals surface area contributed by atoms with Gasteiger partial charge in [-0.15, -0.1) is 0 Å². The van der Waals surface area contributed by atoms with Crippen LogP contribution in [0.1, 0.15) is 31.7 Å². The minimum Gasteiger partial charge on any atom is -0.354 e. The second kappa shape index (κ2) is 7.22. The Morgan fingerprint density at radius 1 is 1.44 bits per heavy atom. The molecule has 136 valence electrons. The Morgan fingerprint density at radius 3 is 2.64 bits per heavy atom. The number of rotatable bonds is 7. The van der Waals surface area contributed by atoms with E-state index in [0.29, 0.717) is 24.5 Å². The number of carbonyl (C=O) groups excluding carboxylic acids is 1. The van der Waals surface area contributed by atoms with Gasteiger partial charge in [0.25, 0.3) is 0 Å². The molecule has 10 heteroatoms. The molecule has 0 spiro atoms. The Kier molecular flexibility index (Phi) is 5.46. The van der Waals surface area contributed by atoms with E-state index in [1.807, 2.05) is 18.5 Å². The number of aryl methyl sites for hydroxylation is 2. The van der Waals surface area contributed by atoms with Gasteiger partial charge in [0.15, 0.2) is 0 Å². The van der Waals surface area contributed by atoms with Gasteiger partial charge in [0, 0.05) is 13.1 Å². The number of nitrogens with zero attached hydrogens (tertiary/aromatic N) is 5. The fraction of sp³-hybridized carbons (Fsp3) is 0.533. The topological polar surface area (TPSA) is 108 Å². The van der Waals surface area contributed by atoms with Gasteiger partial charge in [0.1, 0.15) is 17.9 Å². The van der Waals surface area contributed by atoms with Crippen LogP contribution in [0.4, 0.5) is 5.69 Å². The summed E-state index contributed by atoms with van der Waals surface area (Å²) >= 11 is 6.10. The summed E-state index contributed by atoms with van der Waals surface area (Å²) in [5, 5.41) is 22.5. The zero-order valence-corrected chi connectivity index (χ0v) is 15.4. The van der Waals surface area contributed by atoms with Gasteiger partial charge >= 0.3 is 5.69 Å². The van der Waals surface area contributed by atoms with Gasteiger partial charge in [0.2, 0.25) is 5.91 Å². The number of aromatic nitrogens is 4. The number of nitro groups is 1. The molecule has 1 N–H and O–H groups in total. The predicted octanol–water partition coefficient (Wildman–Crippen LogP) is 2.20. The monoisotopic (exact) mass is 368 g/mol. The zero-order chi connectivity index (χ0) is 18.8. The number of nitrogens with one attached hydrogen (secondary N) is 1. The van der Waals surface area contributed by atoms with Gasteiger partial charge in [-0.1, -0.05) is 11.6 Å². The van der Waals surface area contributed by atoms with E-state index < -0.39 is 10.5 Å². The highest BCUT2D eigenvalue weighted by molar-refractivity contribution is 6.31. The maximum absolute atomic E-state index is 12.4. The lowest BCUT2D eigenvalue weighted by Gasteiger charge is -2.23. The third-order valence-corrected chi connectivity index (χ3v) is 4.58.